The fourth-order valence-electron chi connectivity index (χ4n) is 2.50. The molecular formula is C9H16O4S2. The highest BCUT2D eigenvalue weighted by Gasteiger charge is 2.56. The third-order valence-electron chi connectivity index (χ3n) is 3.68. The lowest BCUT2D eigenvalue weighted by Gasteiger charge is -2.40. The summed E-state index contributed by atoms with van der Waals surface area (Å²) in [7, 11) is -3.11. The predicted molar refractivity (Wildman–Crippen MR) is 59.7 cm³/mol. The molecule has 0 aromatic rings. The summed E-state index contributed by atoms with van der Waals surface area (Å²) in [4.78, 5) is 0. The van der Waals surface area contributed by atoms with Crippen molar-refractivity contribution in [3.8, 4) is 0 Å². The lowest BCUT2D eigenvalue weighted by atomic mass is 9.71. The van der Waals surface area contributed by atoms with Crippen LogP contribution in [-0.4, -0.2) is 53.9 Å². The fourth-order valence-corrected chi connectivity index (χ4v) is 6.04. The van der Waals surface area contributed by atoms with E-state index in [-0.39, 0.29) is 24.5 Å². The van der Waals surface area contributed by atoms with Gasteiger partial charge in [-0.25, -0.2) is 8.42 Å². The number of hydrogen-bond donors (Lipinski definition) is 2. The second-order valence-electron chi connectivity index (χ2n) is 4.61. The Bertz CT molecular complexity index is 345. The van der Waals surface area contributed by atoms with Crippen molar-refractivity contribution in [2.24, 2.45) is 5.41 Å². The summed E-state index contributed by atoms with van der Waals surface area (Å²) in [5, 5.41) is 19.9. The summed E-state index contributed by atoms with van der Waals surface area (Å²) in [6, 6.07) is 0. The fraction of sp³-hybridized carbons (Fsp3) is 1.00. The highest BCUT2D eigenvalue weighted by Crippen LogP contribution is 2.48. The van der Waals surface area contributed by atoms with E-state index in [0.717, 1.165) is 5.75 Å². The van der Waals surface area contributed by atoms with E-state index in [4.69, 9.17) is 0 Å². The first-order valence-corrected chi connectivity index (χ1v) is 8.02. The number of rotatable bonds is 2. The van der Waals surface area contributed by atoms with Crippen LogP contribution in [0, 0.1) is 5.41 Å². The molecule has 0 saturated carbocycles. The smallest absolute Gasteiger partial charge is 0.153 e. The molecule has 2 N–H and O–H groups in total. The molecule has 15 heavy (non-hydrogen) atoms. The van der Waals surface area contributed by atoms with Crippen LogP contribution in [0.3, 0.4) is 0 Å². The van der Waals surface area contributed by atoms with E-state index in [1.54, 1.807) is 11.8 Å². The van der Waals surface area contributed by atoms with Gasteiger partial charge in [-0.2, -0.15) is 11.8 Å². The second kappa shape index (κ2) is 3.61. The van der Waals surface area contributed by atoms with Gasteiger partial charge < -0.3 is 10.2 Å². The number of aliphatic hydroxyl groups excluding tert-OH is 1. The summed E-state index contributed by atoms with van der Waals surface area (Å²) in [5.74, 6) is 1.43. The molecule has 2 unspecified atom stereocenters. The van der Waals surface area contributed by atoms with Crippen LogP contribution in [0.25, 0.3) is 0 Å². The molecule has 0 spiro atoms. The minimum absolute atomic E-state index is 0.0515. The van der Waals surface area contributed by atoms with Crippen LogP contribution in [0.2, 0.25) is 0 Å². The summed E-state index contributed by atoms with van der Waals surface area (Å²) < 4.78 is 22.8. The minimum Gasteiger partial charge on any atom is -0.396 e. The first kappa shape index (κ1) is 11.7. The van der Waals surface area contributed by atoms with Gasteiger partial charge in [0.25, 0.3) is 0 Å². The van der Waals surface area contributed by atoms with E-state index in [0.29, 0.717) is 12.2 Å². The van der Waals surface area contributed by atoms with Crippen molar-refractivity contribution in [2.75, 3.05) is 29.6 Å². The van der Waals surface area contributed by atoms with E-state index in [1.165, 1.54) is 0 Å². The quantitative estimate of drug-likeness (QED) is 0.703. The summed E-state index contributed by atoms with van der Waals surface area (Å²) >= 11 is 1.68. The second-order valence-corrected chi connectivity index (χ2v) is 7.90. The molecule has 0 amide bonds. The maximum absolute atomic E-state index is 11.4. The normalized spacial score (nSPS) is 44.7. The molecule has 4 nitrogen and oxygen atoms in total. The van der Waals surface area contributed by atoms with Crippen molar-refractivity contribution in [3.63, 3.8) is 0 Å². The lowest BCUT2D eigenvalue weighted by molar-refractivity contribution is -0.0765. The van der Waals surface area contributed by atoms with Gasteiger partial charge in [0.1, 0.15) is 0 Å². The maximum Gasteiger partial charge on any atom is 0.153 e. The lowest BCUT2D eigenvalue weighted by Crippen LogP contribution is -2.52. The van der Waals surface area contributed by atoms with Gasteiger partial charge in [-0.15, -0.1) is 0 Å². The van der Waals surface area contributed by atoms with Gasteiger partial charge in [0.05, 0.1) is 23.7 Å². The van der Waals surface area contributed by atoms with E-state index < -0.39 is 20.9 Å². The van der Waals surface area contributed by atoms with Gasteiger partial charge in [-0.05, 0) is 18.6 Å². The Kier molecular flexibility index (Phi) is 2.82. The molecule has 2 rings (SSSR count). The first-order chi connectivity index (χ1) is 6.93. The number of hydrogen-bond acceptors (Lipinski definition) is 5. The van der Waals surface area contributed by atoms with Crippen molar-refractivity contribution in [2.45, 2.75) is 18.4 Å². The molecule has 2 saturated heterocycles. The molecule has 0 aliphatic carbocycles. The van der Waals surface area contributed by atoms with Gasteiger partial charge in [-0.1, -0.05) is 0 Å². The Balaban J connectivity index is 2.29. The van der Waals surface area contributed by atoms with E-state index >= 15 is 0 Å². The average molecular weight is 252 g/mol. The third kappa shape index (κ3) is 1.81. The standard InChI is InChI=1S/C9H16O4S2/c10-5-8(1-3-14-6-8)9(11)2-4-15(12,13)7-9/h10-11H,1-7H2. The zero-order valence-electron chi connectivity index (χ0n) is 8.48. The van der Waals surface area contributed by atoms with Gasteiger partial charge in [0.2, 0.25) is 0 Å². The summed E-state index contributed by atoms with van der Waals surface area (Å²) in [6.45, 7) is -0.119. The molecular weight excluding hydrogens is 236 g/mol. The van der Waals surface area contributed by atoms with Gasteiger partial charge in [0.15, 0.2) is 9.84 Å². The first-order valence-electron chi connectivity index (χ1n) is 5.05. The van der Waals surface area contributed by atoms with E-state index in [1.807, 2.05) is 0 Å². The molecule has 2 heterocycles. The Labute approximate surface area is 94.0 Å². The number of aliphatic hydroxyl groups is 2. The Morgan fingerprint density at radius 2 is 2.07 bits per heavy atom. The van der Waals surface area contributed by atoms with Gasteiger partial charge >= 0.3 is 0 Å². The highest BCUT2D eigenvalue weighted by molar-refractivity contribution is 7.99. The molecule has 2 aliphatic rings. The Hall–Kier alpha value is 0.220. The summed E-state index contributed by atoms with van der Waals surface area (Å²) in [6.07, 6.45) is 0.983. The molecule has 0 bridgehead atoms. The average Bonchev–Trinajstić information content (AvgIpc) is 2.72. The summed E-state index contributed by atoms with van der Waals surface area (Å²) in [5.41, 5.74) is -1.80. The molecule has 88 valence electrons. The van der Waals surface area contributed by atoms with E-state index in [9.17, 15) is 18.6 Å². The number of thioether (sulfide) groups is 1. The third-order valence-corrected chi connectivity index (χ3v) is 6.67. The van der Waals surface area contributed by atoms with Crippen LogP contribution >= 0.6 is 11.8 Å². The van der Waals surface area contributed by atoms with Crippen LogP contribution in [0.4, 0.5) is 0 Å². The maximum atomic E-state index is 11.4. The van der Waals surface area contributed by atoms with Crippen molar-refractivity contribution in [3.05, 3.63) is 0 Å². The zero-order chi connectivity index (χ0) is 11.2. The highest BCUT2D eigenvalue weighted by atomic mass is 32.2. The Morgan fingerprint density at radius 3 is 2.47 bits per heavy atom. The molecule has 2 aliphatic heterocycles. The molecule has 0 radical (unpaired) electrons. The van der Waals surface area contributed by atoms with Crippen molar-refractivity contribution >= 4 is 21.6 Å². The predicted octanol–water partition coefficient (Wildman–Crippen LogP) is -0.348. The van der Waals surface area contributed by atoms with E-state index in [2.05, 4.69) is 0 Å². The number of sulfone groups is 1. The van der Waals surface area contributed by atoms with Crippen LogP contribution < -0.4 is 0 Å². The molecule has 2 fully saturated rings. The van der Waals surface area contributed by atoms with Gasteiger partial charge in [0, 0.05) is 11.2 Å². The topological polar surface area (TPSA) is 74.6 Å². The van der Waals surface area contributed by atoms with Crippen LogP contribution in [0.1, 0.15) is 12.8 Å². The van der Waals surface area contributed by atoms with Crippen molar-refractivity contribution < 1.29 is 18.6 Å². The van der Waals surface area contributed by atoms with Crippen LogP contribution in [0.15, 0.2) is 0 Å². The SMILES string of the molecule is O=S1(=O)CCC(O)(C2(CO)CCSC2)C1. The Morgan fingerprint density at radius 1 is 1.33 bits per heavy atom. The molecule has 0 aromatic carbocycles. The largest absolute Gasteiger partial charge is 0.396 e. The van der Waals surface area contributed by atoms with Gasteiger partial charge in [-0.3, -0.25) is 0 Å². The molecule has 2 atom stereocenters. The molecule has 0 aromatic heterocycles. The molecule has 6 heteroatoms. The van der Waals surface area contributed by atoms with Crippen LogP contribution in [-0.2, 0) is 9.84 Å². The monoisotopic (exact) mass is 252 g/mol. The minimum atomic E-state index is -3.11. The van der Waals surface area contributed by atoms with Crippen LogP contribution in [0.5, 0.6) is 0 Å². The van der Waals surface area contributed by atoms with Crippen molar-refractivity contribution in [1.82, 2.24) is 0 Å². The van der Waals surface area contributed by atoms with Crippen molar-refractivity contribution in [1.29, 1.82) is 0 Å². The zero-order valence-corrected chi connectivity index (χ0v) is 10.1.